The summed E-state index contributed by atoms with van der Waals surface area (Å²) in [5.74, 6) is -1.58. The van der Waals surface area contributed by atoms with E-state index in [0.29, 0.717) is 35.6 Å². The van der Waals surface area contributed by atoms with Gasteiger partial charge >= 0.3 is 0 Å². The summed E-state index contributed by atoms with van der Waals surface area (Å²) in [4.78, 5) is 80.5. The molecule has 1 atom stereocenters. The maximum Gasteiger partial charge on any atom is 0.264 e. The Labute approximate surface area is 306 Å². The third kappa shape index (κ3) is 8.21. The van der Waals surface area contributed by atoms with Crippen molar-refractivity contribution in [3.63, 3.8) is 0 Å². The first-order valence-corrected chi connectivity index (χ1v) is 17.9. The number of nitrogens with one attached hydrogen (secondary N) is 4. The number of aryl methyl sites for hydroxylation is 1. The zero-order valence-electron chi connectivity index (χ0n) is 29.8. The molecule has 14 nitrogen and oxygen atoms in total. The number of anilines is 2. The van der Waals surface area contributed by atoms with Gasteiger partial charge in [-0.1, -0.05) is 31.7 Å². The highest BCUT2D eigenvalue weighted by Gasteiger charge is 2.45. The average molecular weight is 722 g/mol. The van der Waals surface area contributed by atoms with E-state index >= 15 is 0 Å². The SMILES string of the molecule is COc1cc(NCC(=O)NCCCCCCCCNc2cccc3c2C(=O)N(C2CCC(=O)NC2=O)C3=O)cc(-c2cn(C)c(=O)c3cnccc23)c1. The van der Waals surface area contributed by atoms with Crippen molar-refractivity contribution in [1.29, 1.82) is 0 Å². The van der Waals surface area contributed by atoms with Crippen LogP contribution in [-0.4, -0.2) is 76.8 Å². The number of aromatic nitrogens is 2. The molecule has 5 amide bonds. The van der Waals surface area contributed by atoms with Gasteiger partial charge in [0.2, 0.25) is 17.7 Å². The highest BCUT2D eigenvalue weighted by Crippen LogP contribution is 2.33. The molecule has 2 aromatic heterocycles. The Morgan fingerprint density at radius 2 is 1.68 bits per heavy atom. The number of nitrogens with zero attached hydrogens (tertiary/aromatic N) is 3. The van der Waals surface area contributed by atoms with Crippen molar-refractivity contribution in [2.45, 2.75) is 57.4 Å². The Morgan fingerprint density at radius 3 is 2.45 bits per heavy atom. The number of amides is 5. The molecule has 0 aliphatic carbocycles. The quantitative estimate of drug-likeness (QED) is 0.0976. The summed E-state index contributed by atoms with van der Waals surface area (Å²) >= 11 is 0. The molecular weight excluding hydrogens is 678 g/mol. The number of carbonyl (C=O) groups excluding carboxylic acids is 5. The summed E-state index contributed by atoms with van der Waals surface area (Å²) in [7, 11) is 3.29. The topological polar surface area (TPSA) is 181 Å². The van der Waals surface area contributed by atoms with Crippen molar-refractivity contribution in [1.82, 2.24) is 25.1 Å². The average Bonchev–Trinajstić information content (AvgIpc) is 3.41. The monoisotopic (exact) mass is 721 g/mol. The molecule has 1 unspecified atom stereocenters. The normalized spacial score (nSPS) is 15.4. The van der Waals surface area contributed by atoms with Gasteiger partial charge in [0.1, 0.15) is 11.8 Å². The maximum absolute atomic E-state index is 13.3. The van der Waals surface area contributed by atoms with E-state index in [0.717, 1.165) is 59.9 Å². The van der Waals surface area contributed by atoms with Gasteiger partial charge in [-0.15, -0.1) is 0 Å². The standard InChI is InChI=1S/C39H43N7O7/c1-45-23-30(27-14-17-40-21-29(27)37(45)50)24-18-25(20-26(19-24)53-2)43-22-34(48)42-16-8-6-4-3-5-7-15-41-31-11-9-10-28-35(31)39(52)46(38(28)51)32-12-13-33(47)44-36(32)49/h9-11,14,17-21,23,32,41,43H,3-8,12-13,15-16,22H2,1-2H3,(H,42,48)(H,44,47,49). The van der Waals surface area contributed by atoms with E-state index in [-0.39, 0.29) is 42.0 Å². The number of unbranched alkanes of at least 4 members (excludes halogenated alkanes) is 5. The van der Waals surface area contributed by atoms with Crippen molar-refractivity contribution >= 4 is 51.7 Å². The molecule has 6 rings (SSSR count). The molecule has 0 bridgehead atoms. The van der Waals surface area contributed by atoms with E-state index in [1.807, 2.05) is 24.3 Å². The van der Waals surface area contributed by atoms with Crippen molar-refractivity contribution in [2.75, 3.05) is 37.4 Å². The molecular formula is C39H43N7O7. The van der Waals surface area contributed by atoms with E-state index in [1.165, 1.54) is 4.57 Å². The smallest absolute Gasteiger partial charge is 0.264 e. The summed E-state index contributed by atoms with van der Waals surface area (Å²) in [5, 5.41) is 13.0. The highest BCUT2D eigenvalue weighted by atomic mass is 16.5. The predicted octanol–water partition coefficient (Wildman–Crippen LogP) is 3.99. The number of imide groups is 2. The number of fused-ring (bicyclic) bond motifs is 2. The number of rotatable bonds is 16. The fourth-order valence-electron chi connectivity index (χ4n) is 6.83. The first-order chi connectivity index (χ1) is 25.7. The van der Waals surface area contributed by atoms with E-state index in [9.17, 15) is 28.8 Å². The van der Waals surface area contributed by atoms with Crippen molar-refractivity contribution < 1.29 is 28.7 Å². The number of hydrogen-bond donors (Lipinski definition) is 4. The molecule has 1 saturated heterocycles. The zero-order valence-corrected chi connectivity index (χ0v) is 29.8. The minimum absolute atomic E-state index is 0.0757. The molecule has 4 N–H and O–H groups in total. The van der Waals surface area contributed by atoms with Crippen LogP contribution in [0.4, 0.5) is 11.4 Å². The second-order valence-corrected chi connectivity index (χ2v) is 13.3. The van der Waals surface area contributed by atoms with E-state index < -0.39 is 29.7 Å². The predicted molar refractivity (Wildman–Crippen MR) is 200 cm³/mol. The molecule has 2 aliphatic rings. The molecule has 1 fully saturated rings. The number of ether oxygens (including phenoxy) is 1. The zero-order chi connectivity index (χ0) is 37.5. The summed E-state index contributed by atoms with van der Waals surface area (Å²) in [5.41, 5.74) is 3.35. The van der Waals surface area contributed by atoms with Crippen molar-refractivity contribution in [2.24, 2.45) is 7.05 Å². The van der Waals surface area contributed by atoms with Gasteiger partial charge in [0.15, 0.2) is 0 Å². The Kier molecular flexibility index (Phi) is 11.5. The number of carbonyl (C=O) groups is 5. The second kappa shape index (κ2) is 16.5. The van der Waals surface area contributed by atoms with Crippen LogP contribution in [0.1, 0.15) is 72.1 Å². The molecule has 4 heterocycles. The van der Waals surface area contributed by atoms with Gasteiger partial charge in [0.25, 0.3) is 17.4 Å². The molecule has 0 saturated carbocycles. The van der Waals surface area contributed by atoms with Crippen LogP contribution in [0.25, 0.3) is 21.9 Å². The Hall–Kier alpha value is -6.05. The molecule has 0 radical (unpaired) electrons. The largest absolute Gasteiger partial charge is 0.497 e. The lowest BCUT2D eigenvalue weighted by molar-refractivity contribution is -0.136. The van der Waals surface area contributed by atoms with Crippen LogP contribution in [0.15, 0.2) is 65.8 Å². The van der Waals surface area contributed by atoms with Gasteiger partial charge in [-0.05, 0) is 60.5 Å². The molecule has 53 heavy (non-hydrogen) atoms. The van der Waals surface area contributed by atoms with Crippen molar-refractivity contribution in [3.05, 3.63) is 82.5 Å². The van der Waals surface area contributed by atoms with E-state index in [1.54, 1.807) is 50.9 Å². The van der Waals surface area contributed by atoms with Crippen LogP contribution in [0, 0.1) is 0 Å². The Balaban J connectivity index is 0.889. The van der Waals surface area contributed by atoms with Crippen LogP contribution in [0.5, 0.6) is 5.75 Å². The molecule has 4 aromatic rings. The summed E-state index contributed by atoms with van der Waals surface area (Å²) in [6.07, 6.45) is 10.9. The first kappa shape index (κ1) is 36.7. The lowest BCUT2D eigenvalue weighted by Crippen LogP contribution is -2.54. The molecule has 14 heteroatoms. The fourth-order valence-corrected chi connectivity index (χ4v) is 6.83. The van der Waals surface area contributed by atoms with Crippen LogP contribution in [-0.2, 0) is 21.4 Å². The molecule has 2 aromatic carbocycles. The number of pyridine rings is 2. The van der Waals surface area contributed by atoms with Gasteiger partial charge in [0.05, 0.1) is 30.2 Å². The summed E-state index contributed by atoms with van der Waals surface area (Å²) in [6, 6.07) is 11.5. The maximum atomic E-state index is 13.3. The van der Waals surface area contributed by atoms with Crippen LogP contribution in [0.3, 0.4) is 0 Å². The second-order valence-electron chi connectivity index (χ2n) is 13.3. The van der Waals surface area contributed by atoms with E-state index in [2.05, 4.69) is 26.3 Å². The van der Waals surface area contributed by atoms with E-state index in [4.69, 9.17) is 4.74 Å². The third-order valence-corrected chi connectivity index (χ3v) is 9.60. The Morgan fingerprint density at radius 1 is 0.906 bits per heavy atom. The van der Waals surface area contributed by atoms with Crippen LogP contribution in [0.2, 0.25) is 0 Å². The molecule has 0 spiro atoms. The lowest BCUT2D eigenvalue weighted by atomic mass is 10.0. The van der Waals surface area contributed by atoms with Gasteiger partial charge in [0, 0.05) is 68.2 Å². The van der Waals surface area contributed by atoms with Gasteiger partial charge in [-0.25, -0.2) is 0 Å². The number of methoxy groups -OCH3 is 1. The number of benzene rings is 2. The highest BCUT2D eigenvalue weighted by molar-refractivity contribution is 6.25. The van der Waals surface area contributed by atoms with Gasteiger partial charge in [-0.3, -0.25) is 44.0 Å². The molecule has 276 valence electrons. The lowest BCUT2D eigenvalue weighted by Gasteiger charge is -2.27. The molecule has 2 aliphatic heterocycles. The first-order valence-electron chi connectivity index (χ1n) is 17.9. The van der Waals surface area contributed by atoms with Gasteiger partial charge in [-0.2, -0.15) is 0 Å². The number of piperidine rings is 1. The van der Waals surface area contributed by atoms with Crippen LogP contribution >= 0.6 is 0 Å². The van der Waals surface area contributed by atoms with Gasteiger partial charge < -0.3 is 25.3 Å². The fraction of sp³-hybridized carbons (Fsp3) is 0.359. The number of hydrogen-bond acceptors (Lipinski definition) is 10. The minimum Gasteiger partial charge on any atom is -0.497 e. The summed E-state index contributed by atoms with van der Waals surface area (Å²) < 4.78 is 7.06. The minimum atomic E-state index is -0.994. The van der Waals surface area contributed by atoms with Crippen molar-refractivity contribution in [3.8, 4) is 16.9 Å². The Bertz CT molecular complexity index is 2130. The van der Waals surface area contributed by atoms with Crippen LogP contribution < -0.4 is 31.6 Å². The third-order valence-electron chi connectivity index (χ3n) is 9.60. The summed E-state index contributed by atoms with van der Waals surface area (Å²) in [6.45, 7) is 1.29.